The first kappa shape index (κ1) is 17.3. The highest BCUT2D eigenvalue weighted by molar-refractivity contribution is 7.89. The molecule has 0 aromatic carbocycles. The van der Waals surface area contributed by atoms with Crippen LogP contribution in [0.2, 0.25) is 0 Å². The summed E-state index contributed by atoms with van der Waals surface area (Å²) < 4.78 is 38.6. The zero-order valence-corrected chi connectivity index (χ0v) is 12.8. The Kier molecular flexibility index (Phi) is 6.50. The van der Waals surface area contributed by atoms with Gasteiger partial charge in [-0.05, 0) is 19.5 Å². The van der Waals surface area contributed by atoms with E-state index in [-0.39, 0.29) is 23.7 Å². The number of sulfonamides is 1. The predicted octanol–water partition coefficient (Wildman–Crippen LogP) is 0.322. The van der Waals surface area contributed by atoms with Crippen LogP contribution in [-0.2, 0) is 10.0 Å². The van der Waals surface area contributed by atoms with Crippen LogP contribution in [0.4, 0.5) is 10.2 Å². The molecule has 0 atom stereocenters. The number of amides is 1. The summed E-state index contributed by atoms with van der Waals surface area (Å²) >= 11 is 0. The lowest BCUT2D eigenvalue weighted by molar-refractivity contribution is 0.0952. The van der Waals surface area contributed by atoms with E-state index >= 15 is 0 Å². The second-order valence-electron chi connectivity index (χ2n) is 4.23. The molecule has 0 spiro atoms. The summed E-state index contributed by atoms with van der Waals surface area (Å²) in [6.45, 7) is 2.35. The van der Waals surface area contributed by atoms with Gasteiger partial charge in [0.25, 0.3) is 5.91 Å². The van der Waals surface area contributed by atoms with E-state index < -0.39 is 21.7 Å². The monoisotopic (exact) mass is 318 g/mol. The van der Waals surface area contributed by atoms with Crippen LogP contribution < -0.4 is 15.4 Å². The highest BCUT2D eigenvalue weighted by Crippen LogP contribution is 2.14. The minimum Gasteiger partial charge on any atom is -0.368 e. The molecular formula is C12H19FN4O3S. The Hall–Kier alpha value is -1.74. The van der Waals surface area contributed by atoms with Crippen molar-refractivity contribution < 1.29 is 17.6 Å². The van der Waals surface area contributed by atoms with E-state index in [1.165, 1.54) is 19.3 Å². The molecule has 118 valence electrons. The zero-order chi connectivity index (χ0) is 15.9. The fourth-order valence-corrected chi connectivity index (χ4v) is 2.06. The molecule has 1 rings (SSSR count). The van der Waals surface area contributed by atoms with Gasteiger partial charge in [0.2, 0.25) is 10.0 Å². The van der Waals surface area contributed by atoms with Crippen LogP contribution in [0.1, 0.15) is 23.7 Å². The molecule has 0 saturated carbocycles. The summed E-state index contributed by atoms with van der Waals surface area (Å²) in [7, 11) is -2.13. The molecule has 0 aliphatic heterocycles. The van der Waals surface area contributed by atoms with Gasteiger partial charge in [-0.25, -0.2) is 22.5 Å². The first-order valence-corrected chi connectivity index (χ1v) is 8.14. The average Bonchev–Trinajstić information content (AvgIpc) is 2.46. The van der Waals surface area contributed by atoms with Gasteiger partial charge in [0.15, 0.2) is 11.6 Å². The van der Waals surface area contributed by atoms with Crippen LogP contribution in [0.3, 0.4) is 0 Å². The Labute approximate surface area is 123 Å². The van der Waals surface area contributed by atoms with Gasteiger partial charge in [-0.3, -0.25) is 4.79 Å². The van der Waals surface area contributed by atoms with Crippen molar-refractivity contribution in [2.75, 3.05) is 31.2 Å². The van der Waals surface area contributed by atoms with E-state index in [9.17, 15) is 17.6 Å². The highest BCUT2D eigenvalue weighted by atomic mass is 32.2. The maximum absolute atomic E-state index is 14.1. The van der Waals surface area contributed by atoms with Crippen molar-refractivity contribution in [3.63, 3.8) is 0 Å². The Bertz CT molecular complexity index is 592. The maximum atomic E-state index is 14.1. The second-order valence-corrected chi connectivity index (χ2v) is 6.27. The van der Waals surface area contributed by atoms with Crippen LogP contribution >= 0.6 is 0 Å². The standard InChI is InChI=1S/C12H19FN4O3S/c1-3-5-15-11-10(13)9(4-6-16-11)12(18)17-7-8-21(19,20)14-2/h4,6,14H,3,5,7-8H2,1-2H3,(H,15,16)(H,17,18). The summed E-state index contributed by atoms with van der Waals surface area (Å²) in [6.07, 6.45) is 2.11. The molecule has 7 nitrogen and oxygen atoms in total. The van der Waals surface area contributed by atoms with Crippen molar-refractivity contribution >= 4 is 21.7 Å². The SMILES string of the molecule is CCCNc1nccc(C(=O)NCCS(=O)(=O)NC)c1F. The van der Waals surface area contributed by atoms with E-state index in [2.05, 4.69) is 20.3 Å². The van der Waals surface area contributed by atoms with E-state index in [1.54, 1.807) is 0 Å². The molecule has 0 radical (unpaired) electrons. The minimum atomic E-state index is -3.41. The molecule has 0 fully saturated rings. The number of halogens is 1. The molecule has 1 heterocycles. The van der Waals surface area contributed by atoms with Gasteiger partial charge in [0, 0.05) is 19.3 Å². The topological polar surface area (TPSA) is 100 Å². The van der Waals surface area contributed by atoms with E-state index in [0.29, 0.717) is 6.54 Å². The predicted molar refractivity (Wildman–Crippen MR) is 78.2 cm³/mol. The van der Waals surface area contributed by atoms with Gasteiger partial charge >= 0.3 is 0 Å². The van der Waals surface area contributed by atoms with Gasteiger partial charge in [-0.15, -0.1) is 0 Å². The molecular weight excluding hydrogens is 299 g/mol. The number of rotatable bonds is 8. The number of pyridine rings is 1. The third-order valence-electron chi connectivity index (χ3n) is 2.64. The summed E-state index contributed by atoms with van der Waals surface area (Å²) in [6, 6.07) is 1.24. The molecule has 21 heavy (non-hydrogen) atoms. The van der Waals surface area contributed by atoms with Crippen molar-refractivity contribution in [1.29, 1.82) is 0 Å². The number of anilines is 1. The Morgan fingerprint density at radius 2 is 2.10 bits per heavy atom. The van der Waals surface area contributed by atoms with Crippen molar-refractivity contribution in [3.8, 4) is 0 Å². The Balaban J connectivity index is 2.70. The number of hydrogen-bond donors (Lipinski definition) is 3. The Morgan fingerprint density at radius 3 is 2.71 bits per heavy atom. The lowest BCUT2D eigenvalue weighted by atomic mass is 10.2. The van der Waals surface area contributed by atoms with Crippen LogP contribution in [0, 0.1) is 5.82 Å². The number of aromatic nitrogens is 1. The molecule has 0 unspecified atom stereocenters. The Morgan fingerprint density at radius 1 is 1.38 bits per heavy atom. The van der Waals surface area contributed by atoms with E-state index in [0.717, 1.165) is 6.42 Å². The molecule has 0 bridgehead atoms. The largest absolute Gasteiger partial charge is 0.368 e. The summed E-state index contributed by atoms with van der Waals surface area (Å²) in [5.41, 5.74) is -0.176. The number of carbonyl (C=O) groups is 1. The maximum Gasteiger partial charge on any atom is 0.254 e. The molecule has 0 saturated heterocycles. The smallest absolute Gasteiger partial charge is 0.254 e. The number of nitrogens with zero attached hydrogens (tertiary/aromatic N) is 1. The van der Waals surface area contributed by atoms with Crippen molar-refractivity contribution in [2.24, 2.45) is 0 Å². The van der Waals surface area contributed by atoms with Gasteiger partial charge in [0.05, 0.1) is 11.3 Å². The number of nitrogens with one attached hydrogen (secondary N) is 3. The molecule has 0 aliphatic carbocycles. The third kappa shape index (κ3) is 5.27. The number of carbonyl (C=O) groups excluding carboxylic acids is 1. The van der Waals surface area contributed by atoms with Gasteiger partial charge in [-0.2, -0.15) is 0 Å². The molecule has 1 aromatic rings. The van der Waals surface area contributed by atoms with E-state index in [1.807, 2.05) is 6.92 Å². The first-order chi connectivity index (χ1) is 9.91. The minimum absolute atomic E-state index is 0.00680. The van der Waals surface area contributed by atoms with Gasteiger partial charge in [-0.1, -0.05) is 6.92 Å². The van der Waals surface area contributed by atoms with Crippen molar-refractivity contribution in [1.82, 2.24) is 15.0 Å². The van der Waals surface area contributed by atoms with Crippen molar-refractivity contribution in [2.45, 2.75) is 13.3 Å². The molecule has 9 heteroatoms. The molecule has 3 N–H and O–H groups in total. The van der Waals surface area contributed by atoms with Crippen LogP contribution in [-0.4, -0.2) is 45.2 Å². The quantitative estimate of drug-likeness (QED) is 0.641. The average molecular weight is 318 g/mol. The molecule has 1 amide bonds. The van der Waals surface area contributed by atoms with E-state index in [4.69, 9.17) is 0 Å². The highest BCUT2D eigenvalue weighted by Gasteiger charge is 2.16. The van der Waals surface area contributed by atoms with Crippen LogP contribution in [0.5, 0.6) is 0 Å². The molecule has 1 aromatic heterocycles. The summed E-state index contributed by atoms with van der Waals surface area (Å²) in [5, 5.41) is 5.14. The third-order valence-corrected chi connectivity index (χ3v) is 4.01. The van der Waals surface area contributed by atoms with Gasteiger partial charge in [0.1, 0.15) is 0 Å². The second kappa shape index (κ2) is 7.89. The van der Waals surface area contributed by atoms with Crippen LogP contribution in [0.25, 0.3) is 0 Å². The van der Waals surface area contributed by atoms with Gasteiger partial charge < -0.3 is 10.6 Å². The number of hydrogen-bond acceptors (Lipinski definition) is 5. The lowest BCUT2D eigenvalue weighted by Crippen LogP contribution is -2.33. The normalized spacial score (nSPS) is 11.2. The molecule has 0 aliphatic rings. The summed E-state index contributed by atoms with van der Waals surface area (Å²) in [5.74, 6) is -1.70. The first-order valence-electron chi connectivity index (χ1n) is 6.49. The lowest BCUT2D eigenvalue weighted by Gasteiger charge is -2.09. The fourth-order valence-electron chi connectivity index (χ4n) is 1.48. The summed E-state index contributed by atoms with van der Waals surface area (Å²) in [4.78, 5) is 15.7. The van der Waals surface area contributed by atoms with Crippen LogP contribution in [0.15, 0.2) is 12.3 Å². The van der Waals surface area contributed by atoms with Crippen molar-refractivity contribution in [3.05, 3.63) is 23.6 Å². The zero-order valence-electron chi connectivity index (χ0n) is 11.9. The fraction of sp³-hybridized carbons (Fsp3) is 0.500.